The summed E-state index contributed by atoms with van der Waals surface area (Å²) in [5.41, 5.74) is 0. The fourth-order valence-electron chi connectivity index (χ4n) is 0.821. The van der Waals surface area contributed by atoms with Crippen molar-refractivity contribution in [1.29, 1.82) is 0 Å². The lowest BCUT2D eigenvalue weighted by Crippen LogP contribution is -2.45. The van der Waals surface area contributed by atoms with Crippen molar-refractivity contribution in [1.82, 2.24) is 5.06 Å². The van der Waals surface area contributed by atoms with E-state index in [2.05, 4.69) is 0 Å². The second kappa shape index (κ2) is 2.44. The van der Waals surface area contributed by atoms with Crippen LogP contribution in [0.25, 0.3) is 0 Å². The summed E-state index contributed by atoms with van der Waals surface area (Å²) in [4.78, 5) is 5.05. The van der Waals surface area contributed by atoms with Gasteiger partial charge in [0.05, 0.1) is 12.6 Å². The van der Waals surface area contributed by atoms with E-state index >= 15 is 0 Å². The molecule has 3 nitrogen and oxygen atoms in total. The summed E-state index contributed by atoms with van der Waals surface area (Å²) in [6.45, 7) is 1.19. The monoisotopic (exact) mass is 117 g/mol. The Morgan fingerprint density at radius 3 is 2.88 bits per heavy atom. The molecule has 1 aliphatic rings. The summed E-state index contributed by atoms with van der Waals surface area (Å²) in [5.74, 6) is 0. The molecule has 1 rings (SSSR count). The minimum absolute atomic E-state index is 0.235. The Bertz CT molecular complexity index is 68.1. The van der Waals surface area contributed by atoms with Crippen LogP contribution >= 0.6 is 0 Å². The summed E-state index contributed by atoms with van der Waals surface area (Å²) in [6.07, 6.45) is 1.05. The number of hydrogen-bond acceptors (Lipinski definition) is 3. The Morgan fingerprint density at radius 1 is 1.88 bits per heavy atom. The molecule has 0 unspecified atom stereocenters. The number of aliphatic hydroxyl groups is 1. The lowest BCUT2D eigenvalue weighted by atomic mass is 10.2. The maximum absolute atomic E-state index is 8.39. The summed E-state index contributed by atoms with van der Waals surface area (Å²) < 4.78 is 0. The highest BCUT2D eigenvalue weighted by molar-refractivity contribution is 4.65. The van der Waals surface area contributed by atoms with Gasteiger partial charge in [-0.1, -0.05) is 0 Å². The van der Waals surface area contributed by atoms with Gasteiger partial charge in [-0.25, -0.2) is 0 Å². The molecule has 48 valence electrons. The molecule has 0 amide bonds. The Kier molecular flexibility index (Phi) is 1.83. The van der Waals surface area contributed by atoms with Crippen molar-refractivity contribution < 1.29 is 9.94 Å². The zero-order valence-electron chi connectivity index (χ0n) is 5.00. The van der Waals surface area contributed by atoms with Crippen LogP contribution in [0.1, 0.15) is 6.42 Å². The third-order valence-corrected chi connectivity index (χ3v) is 1.24. The summed E-state index contributed by atoms with van der Waals surface area (Å²) in [5, 5.41) is 10.2. The van der Waals surface area contributed by atoms with Gasteiger partial charge in [-0.2, -0.15) is 5.06 Å². The molecule has 0 aromatic rings. The number of likely N-dealkylation sites (N-methyl/N-ethyl adjacent to an activating group) is 1. The first kappa shape index (κ1) is 6.01. The van der Waals surface area contributed by atoms with Crippen LogP contribution in [-0.4, -0.2) is 36.5 Å². The smallest absolute Gasteiger partial charge is 0.0964 e. The van der Waals surface area contributed by atoms with Crippen LogP contribution in [0.2, 0.25) is 0 Å². The van der Waals surface area contributed by atoms with E-state index in [1.165, 1.54) is 0 Å². The fraction of sp³-hybridized carbons (Fsp3) is 1.00. The van der Waals surface area contributed by atoms with Gasteiger partial charge in [0, 0.05) is 20.1 Å². The highest BCUT2D eigenvalue weighted by atomic mass is 16.7. The molecule has 0 saturated carbocycles. The van der Waals surface area contributed by atoms with Gasteiger partial charge < -0.3 is 5.11 Å². The molecule has 0 spiro atoms. The molecule has 1 atom stereocenters. The zero-order chi connectivity index (χ0) is 5.98. The Hall–Kier alpha value is -0.120. The van der Waals surface area contributed by atoms with Crippen molar-refractivity contribution in [2.45, 2.75) is 12.5 Å². The molecular weight excluding hydrogens is 106 g/mol. The standard InChI is InChI=1S/C5H11NO2/c1-6-4-5(8-6)2-3-7/h5,7H,2-4H2,1H3/t5-/m0/s1. The number of hydrogen-bond donors (Lipinski definition) is 1. The largest absolute Gasteiger partial charge is 0.396 e. The Balaban J connectivity index is 1.98. The van der Waals surface area contributed by atoms with Crippen LogP contribution in [0.4, 0.5) is 0 Å². The summed E-state index contributed by atoms with van der Waals surface area (Å²) >= 11 is 0. The first-order chi connectivity index (χ1) is 3.83. The van der Waals surface area contributed by atoms with E-state index in [1.54, 1.807) is 5.06 Å². The van der Waals surface area contributed by atoms with Crippen molar-refractivity contribution in [2.75, 3.05) is 20.2 Å². The van der Waals surface area contributed by atoms with Gasteiger partial charge in [-0.15, -0.1) is 0 Å². The first-order valence-corrected chi connectivity index (χ1v) is 2.81. The van der Waals surface area contributed by atoms with E-state index in [0.29, 0.717) is 0 Å². The van der Waals surface area contributed by atoms with Crippen LogP contribution in [0.5, 0.6) is 0 Å². The molecule has 0 radical (unpaired) electrons. The second-order valence-electron chi connectivity index (χ2n) is 2.05. The number of nitrogens with zero attached hydrogens (tertiary/aromatic N) is 1. The maximum Gasteiger partial charge on any atom is 0.0964 e. The van der Waals surface area contributed by atoms with Crippen LogP contribution in [0.3, 0.4) is 0 Å². The highest BCUT2D eigenvalue weighted by Crippen LogP contribution is 2.11. The average Bonchev–Trinajstić information content (AvgIpc) is 1.64. The van der Waals surface area contributed by atoms with Gasteiger partial charge >= 0.3 is 0 Å². The van der Waals surface area contributed by atoms with Crippen LogP contribution in [-0.2, 0) is 4.84 Å². The molecule has 1 saturated heterocycles. The number of aliphatic hydroxyl groups excluding tert-OH is 1. The molecule has 1 N–H and O–H groups in total. The topological polar surface area (TPSA) is 32.7 Å². The van der Waals surface area contributed by atoms with E-state index in [1.807, 2.05) is 7.05 Å². The zero-order valence-corrected chi connectivity index (χ0v) is 5.00. The van der Waals surface area contributed by atoms with E-state index in [9.17, 15) is 0 Å². The molecule has 1 aliphatic heterocycles. The molecule has 0 aliphatic carbocycles. The van der Waals surface area contributed by atoms with E-state index in [4.69, 9.17) is 9.94 Å². The predicted molar refractivity (Wildman–Crippen MR) is 29.2 cm³/mol. The maximum atomic E-state index is 8.39. The van der Waals surface area contributed by atoms with Gasteiger partial charge in [0.15, 0.2) is 0 Å². The van der Waals surface area contributed by atoms with E-state index < -0.39 is 0 Å². The third-order valence-electron chi connectivity index (χ3n) is 1.24. The molecular formula is C5H11NO2. The number of hydroxylamine groups is 2. The van der Waals surface area contributed by atoms with Gasteiger partial charge in [0.25, 0.3) is 0 Å². The minimum Gasteiger partial charge on any atom is -0.396 e. The van der Waals surface area contributed by atoms with Crippen molar-refractivity contribution in [3.05, 3.63) is 0 Å². The van der Waals surface area contributed by atoms with E-state index in [-0.39, 0.29) is 12.7 Å². The summed E-state index contributed by atoms with van der Waals surface area (Å²) in [7, 11) is 1.88. The lowest BCUT2D eigenvalue weighted by Gasteiger charge is -2.34. The third kappa shape index (κ3) is 1.18. The fourth-order valence-corrected chi connectivity index (χ4v) is 0.821. The highest BCUT2D eigenvalue weighted by Gasteiger charge is 2.23. The molecule has 3 heteroatoms. The van der Waals surface area contributed by atoms with Crippen molar-refractivity contribution in [2.24, 2.45) is 0 Å². The average molecular weight is 117 g/mol. The molecule has 8 heavy (non-hydrogen) atoms. The first-order valence-electron chi connectivity index (χ1n) is 2.81. The lowest BCUT2D eigenvalue weighted by molar-refractivity contribution is -0.284. The van der Waals surface area contributed by atoms with Crippen molar-refractivity contribution >= 4 is 0 Å². The SMILES string of the molecule is CN1C[C@H](CCO)O1. The minimum atomic E-state index is 0.235. The molecule has 0 aromatic heterocycles. The molecule has 0 bridgehead atoms. The van der Waals surface area contributed by atoms with Gasteiger partial charge in [-0.05, 0) is 0 Å². The predicted octanol–water partition coefficient (Wildman–Crippen LogP) is -0.386. The number of rotatable bonds is 2. The second-order valence-corrected chi connectivity index (χ2v) is 2.05. The normalized spacial score (nSPS) is 30.0. The van der Waals surface area contributed by atoms with E-state index in [0.717, 1.165) is 13.0 Å². The van der Waals surface area contributed by atoms with Gasteiger partial charge in [0.1, 0.15) is 0 Å². The van der Waals surface area contributed by atoms with Crippen molar-refractivity contribution in [3.63, 3.8) is 0 Å². The van der Waals surface area contributed by atoms with Crippen LogP contribution in [0.15, 0.2) is 0 Å². The summed E-state index contributed by atoms with van der Waals surface area (Å²) in [6, 6.07) is 0. The van der Waals surface area contributed by atoms with Gasteiger partial charge in [-0.3, -0.25) is 4.84 Å². The Morgan fingerprint density at radius 2 is 2.50 bits per heavy atom. The van der Waals surface area contributed by atoms with Crippen LogP contribution < -0.4 is 0 Å². The Labute approximate surface area is 48.8 Å². The molecule has 0 aromatic carbocycles. The van der Waals surface area contributed by atoms with Gasteiger partial charge in [0.2, 0.25) is 0 Å². The molecule has 1 heterocycles. The quantitative estimate of drug-likeness (QED) is 0.535. The van der Waals surface area contributed by atoms with Crippen LogP contribution in [0, 0.1) is 0 Å². The molecule has 1 fully saturated rings. The van der Waals surface area contributed by atoms with Crippen molar-refractivity contribution in [3.8, 4) is 0 Å².